The second-order valence-corrected chi connectivity index (χ2v) is 6.34. The number of carbonyl (C=O) groups is 1. The normalized spacial score (nSPS) is 16.2. The Morgan fingerprint density at radius 3 is 2.71 bits per heavy atom. The van der Waals surface area contributed by atoms with E-state index in [4.69, 9.17) is 0 Å². The van der Waals surface area contributed by atoms with Gasteiger partial charge in [-0.15, -0.1) is 5.10 Å². The van der Waals surface area contributed by atoms with Crippen LogP contribution < -0.4 is 5.32 Å². The predicted octanol–water partition coefficient (Wildman–Crippen LogP) is 2.95. The van der Waals surface area contributed by atoms with Crippen molar-refractivity contribution in [2.75, 3.05) is 6.54 Å². The van der Waals surface area contributed by atoms with E-state index in [9.17, 15) is 4.79 Å². The molecular formula is C16H19N3OS. The van der Waals surface area contributed by atoms with Crippen LogP contribution in [0, 0.1) is 0 Å². The number of aromatic nitrogens is 2. The van der Waals surface area contributed by atoms with E-state index >= 15 is 0 Å². The Balaban J connectivity index is 1.70. The van der Waals surface area contributed by atoms with Crippen molar-refractivity contribution in [3.05, 3.63) is 46.5 Å². The van der Waals surface area contributed by atoms with Gasteiger partial charge in [0.05, 0.1) is 5.69 Å². The fourth-order valence-corrected chi connectivity index (χ4v) is 3.57. The molecule has 1 heterocycles. The van der Waals surface area contributed by atoms with Gasteiger partial charge in [-0.2, -0.15) is 0 Å². The topological polar surface area (TPSA) is 54.9 Å². The van der Waals surface area contributed by atoms with Gasteiger partial charge in [-0.25, -0.2) is 0 Å². The zero-order valence-corrected chi connectivity index (χ0v) is 12.9. The van der Waals surface area contributed by atoms with Crippen LogP contribution in [0.15, 0.2) is 30.3 Å². The molecule has 0 saturated heterocycles. The van der Waals surface area contributed by atoms with E-state index in [0.717, 1.165) is 25.0 Å². The summed E-state index contributed by atoms with van der Waals surface area (Å²) in [5.41, 5.74) is 2.23. The molecule has 0 radical (unpaired) electrons. The van der Waals surface area contributed by atoms with E-state index in [-0.39, 0.29) is 11.3 Å². The Kier molecular flexibility index (Phi) is 4.01. The highest BCUT2D eigenvalue weighted by Crippen LogP contribution is 2.43. The molecule has 2 aromatic rings. The van der Waals surface area contributed by atoms with E-state index in [1.54, 1.807) is 0 Å². The molecule has 1 fully saturated rings. The van der Waals surface area contributed by atoms with Crippen LogP contribution in [0.3, 0.4) is 0 Å². The third-order valence-electron chi connectivity index (χ3n) is 4.38. The number of nitrogens with zero attached hydrogens (tertiary/aromatic N) is 2. The Morgan fingerprint density at radius 1 is 1.33 bits per heavy atom. The lowest BCUT2D eigenvalue weighted by atomic mass is 9.64. The summed E-state index contributed by atoms with van der Waals surface area (Å²) in [5.74, 6) is -0.0379. The molecule has 1 aromatic heterocycles. The van der Waals surface area contributed by atoms with Gasteiger partial charge in [0, 0.05) is 12.0 Å². The first kappa shape index (κ1) is 14.2. The Labute approximate surface area is 128 Å². The van der Waals surface area contributed by atoms with E-state index in [2.05, 4.69) is 39.2 Å². The molecule has 1 aliphatic rings. The summed E-state index contributed by atoms with van der Waals surface area (Å²) in [6.45, 7) is 2.68. The summed E-state index contributed by atoms with van der Waals surface area (Å²) in [7, 11) is 0. The highest BCUT2D eigenvalue weighted by atomic mass is 32.1. The largest absolute Gasteiger partial charge is 0.350 e. The molecule has 3 rings (SSSR count). The molecule has 5 heteroatoms. The maximum absolute atomic E-state index is 12.3. The smallest absolute Gasteiger partial charge is 0.264 e. The zero-order chi connectivity index (χ0) is 14.7. The SMILES string of the molecule is CCc1nnsc1C(=O)NCC1(c2ccccc2)CCC1. The number of benzene rings is 1. The number of rotatable bonds is 5. The molecule has 0 unspecified atom stereocenters. The zero-order valence-electron chi connectivity index (χ0n) is 12.1. The molecule has 1 saturated carbocycles. The Bertz CT molecular complexity index is 619. The molecule has 0 spiro atoms. The van der Waals surface area contributed by atoms with E-state index in [0.29, 0.717) is 11.4 Å². The lowest BCUT2D eigenvalue weighted by Crippen LogP contribution is -2.45. The minimum atomic E-state index is -0.0379. The number of aryl methyl sites for hydroxylation is 1. The van der Waals surface area contributed by atoms with Crippen LogP contribution in [0.4, 0.5) is 0 Å². The summed E-state index contributed by atoms with van der Waals surface area (Å²) in [5, 5.41) is 7.09. The second-order valence-electron chi connectivity index (χ2n) is 5.58. The Morgan fingerprint density at radius 2 is 2.10 bits per heavy atom. The van der Waals surface area contributed by atoms with Crippen molar-refractivity contribution in [2.24, 2.45) is 0 Å². The van der Waals surface area contributed by atoms with E-state index in [1.807, 2.05) is 13.0 Å². The number of amides is 1. The molecule has 110 valence electrons. The lowest BCUT2D eigenvalue weighted by molar-refractivity contribution is 0.0931. The summed E-state index contributed by atoms with van der Waals surface area (Å²) in [6, 6.07) is 10.5. The fraction of sp³-hybridized carbons (Fsp3) is 0.438. The maximum Gasteiger partial charge on any atom is 0.264 e. The number of carbonyl (C=O) groups excluding carboxylic acids is 1. The molecule has 0 aliphatic heterocycles. The number of hydrogen-bond acceptors (Lipinski definition) is 4. The monoisotopic (exact) mass is 301 g/mol. The molecule has 1 aliphatic carbocycles. The van der Waals surface area contributed by atoms with Gasteiger partial charge in [0.1, 0.15) is 4.88 Å². The Hall–Kier alpha value is -1.75. The summed E-state index contributed by atoms with van der Waals surface area (Å²) in [6.07, 6.45) is 4.24. The first-order valence-electron chi connectivity index (χ1n) is 7.40. The summed E-state index contributed by atoms with van der Waals surface area (Å²) < 4.78 is 3.88. The first-order valence-corrected chi connectivity index (χ1v) is 8.17. The maximum atomic E-state index is 12.3. The highest BCUT2D eigenvalue weighted by Gasteiger charge is 2.38. The van der Waals surface area contributed by atoms with Crippen LogP contribution in [-0.2, 0) is 11.8 Å². The van der Waals surface area contributed by atoms with Gasteiger partial charge in [-0.1, -0.05) is 48.2 Å². The first-order chi connectivity index (χ1) is 10.2. The molecular weight excluding hydrogens is 282 g/mol. The molecule has 21 heavy (non-hydrogen) atoms. The highest BCUT2D eigenvalue weighted by molar-refractivity contribution is 7.08. The third-order valence-corrected chi connectivity index (χ3v) is 5.15. The quantitative estimate of drug-likeness (QED) is 0.923. The van der Waals surface area contributed by atoms with Crippen LogP contribution in [0.5, 0.6) is 0 Å². The van der Waals surface area contributed by atoms with Crippen molar-refractivity contribution in [1.29, 1.82) is 0 Å². The second kappa shape index (κ2) is 5.93. The molecule has 1 N–H and O–H groups in total. The molecule has 1 amide bonds. The minimum absolute atomic E-state index is 0.0379. The number of hydrogen-bond donors (Lipinski definition) is 1. The van der Waals surface area contributed by atoms with Crippen molar-refractivity contribution in [1.82, 2.24) is 14.9 Å². The molecule has 1 aromatic carbocycles. The van der Waals surface area contributed by atoms with Crippen molar-refractivity contribution in [2.45, 2.75) is 38.0 Å². The van der Waals surface area contributed by atoms with Gasteiger partial charge in [0.2, 0.25) is 0 Å². The van der Waals surface area contributed by atoms with E-state index in [1.165, 1.54) is 23.5 Å². The van der Waals surface area contributed by atoms with Gasteiger partial charge in [-0.3, -0.25) is 4.79 Å². The molecule has 0 bridgehead atoms. The molecule has 0 atom stereocenters. The van der Waals surface area contributed by atoms with Gasteiger partial charge >= 0.3 is 0 Å². The van der Waals surface area contributed by atoms with Crippen LogP contribution in [0.1, 0.15) is 47.1 Å². The van der Waals surface area contributed by atoms with Crippen molar-refractivity contribution >= 4 is 17.4 Å². The van der Waals surface area contributed by atoms with Crippen molar-refractivity contribution in [3.8, 4) is 0 Å². The summed E-state index contributed by atoms with van der Waals surface area (Å²) >= 11 is 1.18. The predicted molar refractivity (Wildman–Crippen MR) is 83.6 cm³/mol. The number of nitrogens with one attached hydrogen (secondary N) is 1. The van der Waals surface area contributed by atoms with Gasteiger partial charge in [-0.05, 0) is 36.4 Å². The average molecular weight is 301 g/mol. The van der Waals surface area contributed by atoms with Crippen molar-refractivity contribution < 1.29 is 4.79 Å². The van der Waals surface area contributed by atoms with Gasteiger partial charge < -0.3 is 5.32 Å². The van der Waals surface area contributed by atoms with Crippen molar-refractivity contribution in [3.63, 3.8) is 0 Å². The van der Waals surface area contributed by atoms with Crippen LogP contribution in [0.2, 0.25) is 0 Å². The van der Waals surface area contributed by atoms with Crippen LogP contribution in [0.25, 0.3) is 0 Å². The fourth-order valence-electron chi connectivity index (χ4n) is 2.90. The lowest BCUT2D eigenvalue weighted by Gasteiger charge is -2.42. The third kappa shape index (κ3) is 2.70. The van der Waals surface area contributed by atoms with Crippen LogP contribution >= 0.6 is 11.5 Å². The summed E-state index contributed by atoms with van der Waals surface area (Å²) in [4.78, 5) is 13.0. The minimum Gasteiger partial charge on any atom is -0.350 e. The molecule has 4 nitrogen and oxygen atoms in total. The standard InChI is InChI=1S/C16H19N3OS/c1-2-13-14(21-19-18-13)15(20)17-11-16(9-6-10-16)12-7-4-3-5-8-12/h3-5,7-8H,2,6,9-11H2,1H3,(H,17,20). The van der Waals surface area contributed by atoms with Gasteiger partial charge in [0.25, 0.3) is 5.91 Å². The van der Waals surface area contributed by atoms with Crippen LogP contribution in [-0.4, -0.2) is 22.0 Å². The van der Waals surface area contributed by atoms with Gasteiger partial charge in [0.15, 0.2) is 0 Å². The average Bonchev–Trinajstić information content (AvgIpc) is 2.95. The van der Waals surface area contributed by atoms with E-state index < -0.39 is 0 Å².